The first-order valence-electron chi connectivity index (χ1n) is 10.6. The molecule has 0 amide bonds. The number of Topliss-reactive ketones (excluding diaryl/α,β-unsaturated/α-hetero) is 1. The van der Waals surface area contributed by atoms with Crippen molar-refractivity contribution in [1.82, 2.24) is 9.55 Å². The summed E-state index contributed by atoms with van der Waals surface area (Å²) in [6, 6.07) is 19.0. The van der Waals surface area contributed by atoms with Crippen molar-refractivity contribution in [1.29, 1.82) is 0 Å². The number of carbonyl (C=O) groups excluding carboxylic acids is 1. The van der Waals surface area contributed by atoms with Gasteiger partial charge in [-0.15, -0.1) is 0 Å². The molecule has 0 bridgehead atoms. The third-order valence-electron chi connectivity index (χ3n) is 5.89. The molecule has 7 heteroatoms. The third kappa shape index (κ3) is 3.67. The first-order valence-corrected chi connectivity index (χ1v) is 10.6. The molecule has 1 aliphatic heterocycles. The van der Waals surface area contributed by atoms with Gasteiger partial charge in [-0.25, -0.2) is 9.37 Å². The molecule has 2 heterocycles. The molecule has 0 fully saturated rings. The summed E-state index contributed by atoms with van der Waals surface area (Å²) >= 11 is 0. The van der Waals surface area contributed by atoms with Crippen molar-refractivity contribution in [3.8, 4) is 16.8 Å². The lowest BCUT2D eigenvalue weighted by molar-refractivity contribution is 0.0952. The maximum Gasteiger partial charge on any atom is 0.210 e. The number of hydrogen-bond donors (Lipinski definition) is 2. The number of fused-ring (bicyclic) bond motifs is 1. The fourth-order valence-electron chi connectivity index (χ4n) is 4.19. The van der Waals surface area contributed by atoms with Crippen LogP contribution >= 0.6 is 0 Å². The number of aliphatic imine (C=N–C) groups is 1. The molecular formula is C26H22FN5O. The van der Waals surface area contributed by atoms with Gasteiger partial charge in [0.15, 0.2) is 0 Å². The number of nitrogens with two attached hydrogens (primary N) is 2. The Morgan fingerprint density at radius 2 is 1.82 bits per heavy atom. The molecule has 1 atom stereocenters. The highest BCUT2D eigenvalue weighted by Crippen LogP contribution is 2.33. The van der Waals surface area contributed by atoms with Gasteiger partial charge < -0.3 is 11.5 Å². The first-order chi connectivity index (χ1) is 16.1. The number of benzene rings is 3. The Kier molecular flexibility index (Phi) is 5.42. The number of hydrogen-bond acceptors (Lipinski definition) is 5. The Labute approximate surface area is 190 Å². The predicted molar refractivity (Wildman–Crippen MR) is 126 cm³/mol. The van der Waals surface area contributed by atoms with Gasteiger partial charge in [0.05, 0.1) is 6.21 Å². The Morgan fingerprint density at radius 1 is 0.970 bits per heavy atom. The van der Waals surface area contributed by atoms with Gasteiger partial charge >= 0.3 is 0 Å². The van der Waals surface area contributed by atoms with Gasteiger partial charge in [-0.05, 0) is 40.5 Å². The number of halogens is 1. The average molecular weight is 439 g/mol. The maximum absolute atomic E-state index is 15.3. The summed E-state index contributed by atoms with van der Waals surface area (Å²) in [7, 11) is 0. The summed E-state index contributed by atoms with van der Waals surface area (Å²) in [5, 5.41) is 0. The fraction of sp³-hybridized carbons (Fsp3) is 0.115. The standard InChI is InChI=1S/C26H22FN5O/c27-22-11-17(20-7-2-1-5-18(20)13-29)8-9-21(22)24-26(33)25-23(14-30-24)31-15-32(25)19-6-3-4-16(10-19)12-28/h1-11,14-15,24H,12-13,28-29H2. The van der Waals surface area contributed by atoms with E-state index >= 15 is 4.39 Å². The van der Waals surface area contributed by atoms with Crippen molar-refractivity contribution in [2.45, 2.75) is 19.1 Å². The average Bonchev–Trinajstić information content (AvgIpc) is 3.30. The predicted octanol–water partition coefficient (Wildman–Crippen LogP) is 3.95. The van der Waals surface area contributed by atoms with Crippen molar-refractivity contribution in [2.75, 3.05) is 0 Å². The first kappa shape index (κ1) is 20.9. The molecule has 1 aromatic heterocycles. The van der Waals surface area contributed by atoms with Crippen molar-refractivity contribution in [3.63, 3.8) is 0 Å². The molecule has 5 rings (SSSR count). The highest BCUT2D eigenvalue weighted by atomic mass is 19.1. The minimum atomic E-state index is -0.982. The Morgan fingerprint density at radius 3 is 2.61 bits per heavy atom. The van der Waals surface area contributed by atoms with Crippen LogP contribution in [0.25, 0.3) is 16.8 Å². The molecule has 0 aliphatic carbocycles. The van der Waals surface area contributed by atoms with Crippen LogP contribution in [0.4, 0.5) is 4.39 Å². The van der Waals surface area contributed by atoms with Crippen LogP contribution in [0.5, 0.6) is 0 Å². The molecule has 4 aromatic rings. The second kappa shape index (κ2) is 8.54. The molecule has 0 saturated carbocycles. The van der Waals surface area contributed by atoms with Gasteiger partial charge in [0, 0.05) is 24.3 Å². The summed E-state index contributed by atoms with van der Waals surface area (Å²) in [5.74, 6) is -0.799. The quantitative estimate of drug-likeness (QED) is 0.492. The van der Waals surface area contributed by atoms with Gasteiger partial charge in [0.25, 0.3) is 0 Å². The van der Waals surface area contributed by atoms with Crippen LogP contribution in [0.15, 0.2) is 78.0 Å². The number of imidazole rings is 1. The van der Waals surface area contributed by atoms with E-state index in [-0.39, 0.29) is 11.3 Å². The van der Waals surface area contributed by atoms with Crippen molar-refractivity contribution in [3.05, 3.63) is 107 Å². The molecule has 164 valence electrons. The van der Waals surface area contributed by atoms with E-state index < -0.39 is 11.9 Å². The zero-order valence-electron chi connectivity index (χ0n) is 17.8. The van der Waals surface area contributed by atoms with Crippen molar-refractivity contribution in [2.24, 2.45) is 16.5 Å². The fourth-order valence-corrected chi connectivity index (χ4v) is 4.19. The van der Waals surface area contributed by atoms with E-state index in [0.717, 1.165) is 22.4 Å². The number of carbonyl (C=O) groups is 1. The van der Waals surface area contributed by atoms with Crippen molar-refractivity contribution < 1.29 is 9.18 Å². The molecule has 3 aromatic carbocycles. The Bertz CT molecular complexity index is 1390. The van der Waals surface area contributed by atoms with Crippen LogP contribution in [0.1, 0.15) is 38.9 Å². The molecule has 4 N–H and O–H groups in total. The van der Waals surface area contributed by atoms with E-state index in [2.05, 4.69) is 9.98 Å². The topological polar surface area (TPSA) is 99.3 Å². The minimum absolute atomic E-state index is 0.222. The molecule has 6 nitrogen and oxygen atoms in total. The number of aromatic nitrogens is 2. The summed E-state index contributed by atoms with van der Waals surface area (Å²) in [6.07, 6.45) is 3.11. The maximum atomic E-state index is 15.3. The van der Waals surface area contributed by atoms with E-state index in [0.29, 0.717) is 30.0 Å². The van der Waals surface area contributed by atoms with Crippen LogP contribution < -0.4 is 11.5 Å². The van der Waals surface area contributed by atoms with Crippen LogP contribution in [0, 0.1) is 5.82 Å². The number of rotatable bonds is 5. The number of nitrogens with zero attached hydrogens (tertiary/aromatic N) is 3. The molecule has 1 unspecified atom stereocenters. The normalized spacial score (nSPS) is 15.0. The second-order valence-corrected chi connectivity index (χ2v) is 7.86. The lowest BCUT2D eigenvalue weighted by Gasteiger charge is -2.19. The summed E-state index contributed by atoms with van der Waals surface area (Å²) < 4.78 is 17.0. The van der Waals surface area contributed by atoms with E-state index in [1.54, 1.807) is 23.0 Å². The molecular weight excluding hydrogens is 417 g/mol. The van der Waals surface area contributed by atoms with E-state index in [1.165, 1.54) is 12.3 Å². The van der Waals surface area contributed by atoms with Gasteiger partial charge in [-0.2, -0.15) is 0 Å². The van der Waals surface area contributed by atoms with Gasteiger partial charge in [-0.1, -0.05) is 48.5 Å². The van der Waals surface area contributed by atoms with Crippen LogP contribution in [-0.4, -0.2) is 21.5 Å². The smallest absolute Gasteiger partial charge is 0.210 e. The molecule has 0 radical (unpaired) electrons. The van der Waals surface area contributed by atoms with Crippen LogP contribution in [-0.2, 0) is 13.1 Å². The Balaban J connectivity index is 1.52. The molecule has 33 heavy (non-hydrogen) atoms. The monoisotopic (exact) mass is 439 g/mol. The second-order valence-electron chi connectivity index (χ2n) is 7.86. The van der Waals surface area contributed by atoms with Crippen LogP contribution in [0.3, 0.4) is 0 Å². The lowest BCUT2D eigenvalue weighted by atomic mass is 9.93. The largest absolute Gasteiger partial charge is 0.326 e. The lowest BCUT2D eigenvalue weighted by Crippen LogP contribution is -2.21. The van der Waals surface area contributed by atoms with Gasteiger partial charge in [0.2, 0.25) is 5.78 Å². The highest BCUT2D eigenvalue weighted by Gasteiger charge is 2.32. The van der Waals surface area contributed by atoms with E-state index in [9.17, 15) is 4.79 Å². The highest BCUT2D eigenvalue weighted by molar-refractivity contribution is 6.08. The zero-order chi connectivity index (χ0) is 22.9. The van der Waals surface area contributed by atoms with Crippen molar-refractivity contribution >= 4 is 12.0 Å². The molecule has 0 spiro atoms. The number of ketones is 1. The molecule has 0 saturated heterocycles. The summed E-state index contributed by atoms with van der Waals surface area (Å²) in [6.45, 7) is 0.733. The van der Waals surface area contributed by atoms with Gasteiger partial charge in [-0.3, -0.25) is 14.4 Å². The van der Waals surface area contributed by atoms with E-state index in [4.69, 9.17) is 11.5 Å². The van der Waals surface area contributed by atoms with Crippen LogP contribution in [0.2, 0.25) is 0 Å². The zero-order valence-corrected chi connectivity index (χ0v) is 17.8. The Hall–Kier alpha value is -3.94. The third-order valence-corrected chi connectivity index (χ3v) is 5.89. The van der Waals surface area contributed by atoms with E-state index in [1.807, 2.05) is 48.5 Å². The minimum Gasteiger partial charge on any atom is -0.326 e. The van der Waals surface area contributed by atoms with Gasteiger partial charge in [0.1, 0.15) is 29.6 Å². The summed E-state index contributed by atoms with van der Waals surface area (Å²) in [4.78, 5) is 22.1. The molecule has 1 aliphatic rings. The summed E-state index contributed by atoms with van der Waals surface area (Å²) in [5.41, 5.74) is 16.8. The SMILES string of the molecule is NCc1cccc(-n2cnc3c2C(=O)C(c2ccc(-c4ccccc4CN)cc2F)N=C3)c1.